The molecule has 1 rings (SSSR count). The molecule has 0 fully saturated rings. The van der Waals surface area contributed by atoms with Crippen LogP contribution in [-0.2, 0) is 11.8 Å². The van der Waals surface area contributed by atoms with Gasteiger partial charge in [-0.3, -0.25) is 0 Å². The van der Waals surface area contributed by atoms with E-state index in [1.807, 2.05) is 0 Å². The molecule has 17 heavy (non-hydrogen) atoms. The fraction of sp³-hybridized carbons (Fsp3) is 0.786. The summed E-state index contributed by atoms with van der Waals surface area (Å²) in [6.07, 6.45) is 3.43. The van der Waals surface area contributed by atoms with Crippen LogP contribution in [0.2, 0.25) is 0 Å². The molecule has 2 nitrogen and oxygen atoms in total. The fourth-order valence-electron chi connectivity index (χ4n) is 1.67. The van der Waals surface area contributed by atoms with Gasteiger partial charge in [0.2, 0.25) is 0 Å². The third-order valence-electron chi connectivity index (χ3n) is 2.92. The van der Waals surface area contributed by atoms with Crippen molar-refractivity contribution in [3.05, 3.63) is 16.1 Å². The molecule has 0 aliphatic heterocycles. The van der Waals surface area contributed by atoms with Crippen molar-refractivity contribution in [2.75, 3.05) is 6.54 Å². The van der Waals surface area contributed by atoms with Gasteiger partial charge < -0.3 is 5.32 Å². The van der Waals surface area contributed by atoms with E-state index >= 15 is 0 Å². The van der Waals surface area contributed by atoms with Crippen LogP contribution in [0, 0.1) is 0 Å². The Labute approximate surface area is 110 Å². The summed E-state index contributed by atoms with van der Waals surface area (Å²) in [4.78, 5) is 4.76. The number of hydrogen-bond donors (Lipinski definition) is 1. The lowest BCUT2D eigenvalue weighted by Gasteiger charge is -2.16. The minimum Gasteiger partial charge on any atom is -0.314 e. The number of aromatic nitrogens is 1. The van der Waals surface area contributed by atoms with E-state index in [9.17, 15) is 0 Å². The summed E-state index contributed by atoms with van der Waals surface area (Å²) in [5, 5.41) is 7.06. The van der Waals surface area contributed by atoms with Gasteiger partial charge in [-0.15, -0.1) is 11.3 Å². The molecular weight excluding hydrogens is 228 g/mol. The average Bonchev–Trinajstić information content (AvgIpc) is 2.72. The summed E-state index contributed by atoms with van der Waals surface area (Å²) in [5.74, 6) is 0. The molecule has 1 aromatic rings. The zero-order chi connectivity index (χ0) is 12.9. The normalized spacial score (nSPS) is 13.9. The van der Waals surface area contributed by atoms with Gasteiger partial charge in [0.05, 0.1) is 10.7 Å². The molecule has 1 heterocycles. The largest absolute Gasteiger partial charge is 0.314 e. The standard InChI is InChI=1S/C14H26N2S/c1-6-8-15-11(7-2)9-13-16-12(10-17-13)14(3,4)5/h10-11,15H,6-9H2,1-5H3. The van der Waals surface area contributed by atoms with Crippen LogP contribution in [0.5, 0.6) is 0 Å². The fourth-order valence-corrected chi connectivity index (χ4v) is 2.77. The Morgan fingerprint density at radius 2 is 2.06 bits per heavy atom. The maximum absolute atomic E-state index is 4.76. The van der Waals surface area contributed by atoms with Crippen LogP contribution in [-0.4, -0.2) is 17.6 Å². The highest BCUT2D eigenvalue weighted by molar-refractivity contribution is 7.09. The van der Waals surface area contributed by atoms with Gasteiger partial charge in [0.15, 0.2) is 0 Å². The van der Waals surface area contributed by atoms with Crippen LogP contribution < -0.4 is 5.32 Å². The van der Waals surface area contributed by atoms with Crippen LogP contribution >= 0.6 is 11.3 Å². The zero-order valence-electron chi connectivity index (χ0n) is 11.8. The number of hydrogen-bond acceptors (Lipinski definition) is 3. The van der Waals surface area contributed by atoms with E-state index in [-0.39, 0.29) is 5.41 Å². The first kappa shape index (κ1) is 14.7. The average molecular weight is 254 g/mol. The van der Waals surface area contributed by atoms with E-state index < -0.39 is 0 Å². The Morgan fingerprint density at radius 3 is 2.53 bits per heavy atom. The van der Waals surface area contributed by atoms with E-state index in [0.717, 1.165) is 13.0 Å². The molecular formula is C14H26N2S. The maximum Gasteiger partial charge on any atom is 0.0944 e. The van der Waals surface area contributed by atoms with Crippen molar-refractivity contribution in [1.82, 2.24) is 10.3 Å². The molecule has 0 aliphatic rings. The van der Waals surface area contributed by atoms with Crippen LogP contribution in [0.1, 0.15) is 58.2 Å². The molecule has 0 radical (unpaired) electrons. The Morgan fingerprint density at radius 1 is 1.35 bits per heavy atom. The van der Waals surface area contributed by atoms with Crippen LogP contribution in [0.25, 0.3) is 0 Å². The van der Waals surface area contributed by atoms with Gasteiger partial charge in [0.25, 0.3) is 0 Å². The molecule has 1 unspecified atom stereocenters. The summed E-state index contributed by atoms with van der Waals surface area (Å²) >= 11 is 1.80. The van der Waals surface area contributed by atoms with E-state index in [1.165, 1.54) is 23.5 Å². The third-order valence-corrected chi connectivity index (χ3v) is 3.79. The lowest BCUT2D eigenvalue weighted by Crippen LogP contribution is -2.31. The molecule has 1 aromatic heterocycles. The van der Waals surface area contributed by atoms with Crippen LogP contribution in [0.4, 0.5) is 0 Å². The van der Waals surface area contributed by atoms with Crippen molar-refractivity contribution < 1.29 is 0 Å². The van der Waals surface area contributed by atoms with Crippen LogP contribution in [0.15, 0.2) is 5.38 Å². The Bertz CT molecular complexity index is 325. The maximum atomic E-state index is 4.76. The summed E-state index contributed by atoms with van der Waals surface area (Å²) in [7, 11) is 0. The number of thiazole rings is 1. The predicted molar refractivity (Wildman–Crippen MR) is 76.9 cm³/mol. The molecule has 0 amide bonds. The quantitative estimate of drug-likeness (QED) is 0.836. The smallest absolute Gasteiger partial charge is 0.0944 e. The van der Waals surface area contributed by atoms with E-state index in [2.05, 4.69) is 45.3 Å². The number of rotatable bonds is 6. The van der Waals surface area contributed by atoms with E-state index in [1.54, 1.807) is 11.3 Å². The van der Waals surface area contributed by atoms with Gasteiger partial charge in [-0.1, -0.05) is 34.6 Å². The zero-order valence-corrected chi connectivity index (χ0v) is 12.7. The topological polar surface area (TPSA) is 24.9 Å². The van der Waals surface area contributed by atoms with Crippen molar-refractivity contribution >= 4 is 11.3 Å². The second-order valence-electron chi connectivity index (χ2n) is 5.64. The van der Waals surface area contributed by atoms with Crippen molar-refractivity contribution in [3.63, 3.8) is 0 Å². The Hall–Kier alpha value is -0.410. The second kappa shape index (κ2) is 6.50. The number of nitrogens with one attached hydrogen (secondary N) is 1. The molecule has 0 bridgehead atoms. The van der Waals surface area contributed by atoms with Gasteiger partial charge in [0, 0.05) is 23.3 Å². The molecule has 98 valence electrons. The van der Waals surface area contributed by atoms with Crippen molar-refractivity contribution in [2.24, 2.45) is 0 Å². The summed E-state index contributed by atoms with van der Waals surface area (Å²) in [5.41, 5.74) is 1.40. The lowest BCUT2D eigenvalue weighted by atomic mass is 9.93. The van der Waals surface area contributed by atoms with Crippen molar-refractivity contribution in [2.45, 2.75) is 65.3 Å². The van der Waals surface area contributed by atoms with Gasteiger partial charge in [0.1, 0.15) is 0 Å². The molecule has 1 atom stereocenters. The SMILES string of the molecule is CCCNC(CC)Cc1nc(C(C)(C)C)cs1. The van der Waals surface area contributed by atoms with Crippen molar-refractivity contribution in [1.29, 1.82) is 0 Å². The molecule has 0 spiro atoms. The molecule has 1 N–H and O–H groups in total. The first-order chi connectivity index (χ1) is 7.97. The monoisotopic (exact) mass is 254 g/mol. The van der Waals surface area contributed by atoms with Gasteiger partial charge in [-0.2, -0.15) is 0 Å². The molecule has 0 aromatic carbocycles. The highest BCUT2D eigenvalue weighted by Gasteiger charge is 2.18. The van der Waals surface area contributed by atoms with Gasteiger partial charge >= 0.3 is 0 Å². The first-order valence-electron chi connectivity index (χ1n) is 6.65. The van der Waals surface area contributed by atoms with E-state index in [4.69, 9.17) is 4.98 Å². The molecule has 3 heteroatoms. The first-order valence-corrected chi connectivity index (χ1v) is 7.53. The minimum atomic E-state index is 0.174. The Balaban J connectivity index is 2.58. The van der Waals surface area contributed by atoms with Crippen molar-refractivity contribution in [3.8, 4) is 0 Å². The van der Waals surface area contributed by atoms with E-state index in [0.29, 0.717) is 6.04 Å². The highest BCUT2D eigenvalue weighted by Crippen LogP contribution is 2.24. The second-order valence-corrected chi connectivity index (χ2v) is 6.58. The lowest BCUT2D eigenvalue weighted by molar-refractivity contribution is 0.491. The highest BCUT2D eigenvalue weighted by atomic mass is 32.1. The summed E-state index contributed by atoms with van der Waals surface area (Å²) in [6, 6.07) is 0.578. The third kappa shape index (κ3) is 4.76. The summed E-state index contributed by atoms with van der Waals surface area (Å²) < 4.78 is 0. The predicted octanol–water partition coefficient (Wildman–Crippen LogP) is 3.76. The summed E-state index contributed by atoms with van der Waals surface area (Å²) in [6.45, 7) is 12.2. The van der Waals surface area contributed by atoms with Crippen LogP contribution in [0.3, 0.4) is 0 Å². The minimum absolute atomic E-state index is 0.174. The molecule has 0 aliphatic carbocycles. The molecule has 0 saturated heterocycles. The molecule has 0 saturated carbocycles. The Kier molecular flexibility index (Phi) is 5.60. The van der Waals surface area contributed by atoms with Gasteiger partial charge in [-0.25, -0.2) is 4.98 Å². The van der Waals surface area contributed by atoms with Gasteiger partial charge in [-0.05, 0) is 19.4 Å². The number of nitrogens with zero attached hydrogens (tertiary/aromatic N) is 1.